The second-order valence-corrected chi connectivity index (χ2v) is 4.20. The summed E-state index contributed by atoms with van der Waals surface area (Å²) in [5.41, 5.74) is 1.33. The zero-order valence-electron chi connectivity index (χ0n) is 10.1. The van der Waals surface area contributed by atoms with Gasteiger partial charge in [0.05, 0.1) is 6.20 Å². The molecule has 4 rings (SSSR count). The summed E-state index contributed by atoms with van der Waals surface area (Å²) in [5, 5.41) is 7.25. The van der Waals surface area contributed by atoms with Crippen LogP contribution in [-0.2, 0) is 0 Å². The first-order chi connectivity index (χ1) is 9.75. The zero-order chi connectivity index (χ0) is 13.9. The van der Waals surface area contributed by atoms with Crippen LogP contribution in [0.4, 0.5) is 0 Å². The normalized spacial score (nSPS) is 10.4. The Labute approximate surface area is 117 Å². The van der Waals surface area contributed by atoms with Crippen LogP contribution in [0.1, 0.15) is 0 Å². The lowest BCUT2D eigenvalue weighted by molar-refractivity contribution is 0.899. The van der Waals surface area contributed by atoms with E-state index in [4.69, 9.17) is 11.6 Å². The van der Waals surface area contributed by atoms with E-state index in [1.54, 1.807) is 41.3 Å². The van der Waals surface area contributed by atoms with Crippen molar-refractivity contribution in [1.29, 1.82) is 0 Å². The van der Waals surface area contributed by atoms with Gasteiger partial charge in [0.1, 0.15) is 5.15 Å². The van der Waals surface area contributed by atoms with Crippen LogP contribution in [0.15, 0.2) is 53.8 Å². The highest BCUT2D eigenvalue weighted by Gasteiger charge is 1.95. The summed E-state index contributed by atoms with van der Waals surface area (Å²) in [6.07, 6.45) is 6.48. The molecule has 0 saturated carbocycles. The second-order valence-electron chi connectivity index (χ2n) is 3.81. The van der Waals surface area contributed by atoms with Gasteiger partial charge >= 0.3 is 0 Å². The van der Waals surface area contributed by atoms with Crippen LogP contribution in [0.5, 0.6) is 0 Å². The van der Waals surface area contributed by atoms with Crippen LogP contribution in [-0.4, -0.2) is 29.2 Å². The molecule has 0 aromatic carbocycles. The molecule has 100 valence electrons. The van der Waals surface area contributed by atoms with Gasteiger partial charge in [0.2, 0.25) is 0 Å². The molecule has 0 spiro atoms. The van der Waals surface area contributed by atoms with Crippen molar-refractivity contribution in [2.75, 3.05) is 0 Å². The summed E-state index contributed by atoms with van der Waals surface area (Å²) in [5.74, 6) is 0. The molecule has 0 atom stereocenters. The van der Waals surface area contributed by atoms with Gasteiger partial charge in [-0.3, -0.25) is 9.89 Å². The number of H-pyrrole nitrogens is 1. The number of hydrogen-bond acceptors (Lipinski definition) is 4. The Morgan fingerprint density at radius 1 is 1.00 bits per heavy atom. The standard InChI is InChI=1S/C6H4ClN3.C6H5N3O/c7-5-1-3-8-6-2-4-9-10(5)6;10-6-2-3-7-5-1-4-8-9(5)6/h1-4H;1-4,8H. The first-order valence-corrected chi connectivity index (χ1v) is 6.09. The molecular formula is C12H9ClN6O. The molecule has 7 nitrogen and oxygen atoms in total. The van der Waals surface area contributed by atoms with Crippen LogP contribution < -0.4 is 5.56 Å². The van der Waals surface area contributed by atoms with Gasteiger partial charge in [0, 0.05) is 36.8 Å². The molecule has 0 amide bonds. The molecule has 4 heterocycles. The lowest BCUT2D eigenvalue weighted by Gasteiger charge is -1.92. The van der Waals surface area contributed by atoms with E-state index in [9.17, 15) is 4.79 Å². The van der Waals surface area contributed by atoms with Crippen LogP contribution in [0, 0.1) is 0 Å². The molecule has 8 heteroatoms. The Morgan fingerprint density at radius 3 is 2.60 bits per heavy atom. The van der Waals surface area contributed by atoms with Crippen molar-refractivity contribution in [3.8, 4) is 0 Å². The fourth-order valence-electron chi connectivity index (χ4n) is 1.66. The van der Waals surface area contributed by atoms with E-state index < -0.39 is 0 Å². The zero-order valence-corrected chi connectivity index (χ0v) is 10.9. The first-order valence-electron chi connectivity index (χ1n) is 5.71. The van der Waals surface area contributed by atoms with Crippen LogP contribution >= 0.6 is 11.6 Å². The van der Waals surface area contributed by atoms with Gasteiger partial charge in [-0.05, 0) is 6.07 Å². The summed E-state index contributed by atoms with van der Waals surface area (Å²) in [6.45, 7) is 0. The van der Waals surface area contributed by atoms with E-state index in [0.29, 0.717) is 10.8 Å². The van der Waals surface area contributed by atoms with Crippen LogP contribution in [0.25, 0.3) is 11.3 Å². The minimum absolute atomic E-state index is 0.0880. The quantitative estimate of drug-likeness (QED) is 0.496. The van der Waals surface area contributed by atoms with Gasteiger partial charge < -0.3 is 0 Å². The minimum Gasteiger partial charge on any atom is -0.297 e. The van der Waals surface area contributed by atoms with Gasteiger partial charge in [-0.2, -0.15) is 5.10 Å². The van der Waals surface area contributed by atoms with Gasteiger partial charge in [0.25, 0.3) is 5.56 Å². The molecule has 0 radical (unpaired) electrons. The minimum atomic E-state index is -0.0880. The lowest BCUT2D eigenvalue weighted by atomic mass is 10.6. The number of rotatable bonds is 0. The third-order valence-electron chi connectivity index (χ3n) is 2.55. The summed E-state index contributed by atoms with van der Waals surface area (Å²) < 4.78 is 2.95. The number of aromatic nitrogens is 6. The number of nitrogens with zero attached hydrogens (tertiary/aromatic N) is 5. The van der Waals surface area contributed by atoms with Gasteiger partial charge in [0.15, 0.2) is 11.3 Å². The summed E-state index contributed by atoms with van der Waals surface area (Å²) >= 11 is 5.76. The summed E-state index contributed by atoms with van der Waals surface area (Å²) in [7, 11) is 0. The molecule has 1 N–H and O–H groups in total. The molecule has 0 fully saturated rings. The molecule has 0 bridgehead atoms. The molecular weight excluding hydrogens is 280 g/mol. The molecule has 4 aromatic heterocycles. The Bertz CT molecular complexity index is 909. The van der Waals surface area contributed by atoms with Crippen molar-refractivity contribution in [2.24, 2.45) is 0 Å². The average molecular weight is 289 g/mol. The van der Waals surface area contributed by atoms with Crippen molar-refractivity contribution >= 4 is 22.9 Å². The summed E-state index contributed by atoms with van der Waals surface area (Å²) in [6, 6.07) is 6.64. The highest BCUT2D eigenvalue weighted by Crippen LogP contribution is 2.07. The van der Waals surface area contributed by atoms with Crippen LogP contribution in [0.2, 0.25) is 5.15 Å². The maximum Gasteiger partial charge on any atom is 0.272 e. The largest absolute Gasteiger partial charge is 0.297 e. The van der Waals surface area contributed by atoms with Crippen molar-refractivity contribution in [3.05, 3.63) is 64.6 Å². The average Bonchev–Trinajstić information content (AvgIpc) is 3.08. The number of aromatic amines is 1. The van der Waals surface area contributed by atoms with E-state index in [2.05, 4.69) is 20.2 Å². The smallest absolute Gasteiger partial charge is 0.272 e. The Morgan fingerprint density at radius 2 is 1.80 bits per heavy atom. The highest BCUT2D eigenvalue weighted by atomic mass is 35.5. The van der Waals surface area contributed by atoms with Crippen LogP contribution in [0.3, 0.4) is 0 Å². The van der Waals surface area contributed by atoms with E-state index in [-0.39, 0.29) is 5.56 Å². The van der Waals surface area contributed by atoms with Crippen molar-refractivity contribution in [3.63, 3.8) is 0 Å². The molecule has 20 heavy (non-hydrogen) atoms. The Kier molecular flexibility index (Phi) is 3.18. The SMILES string of the molecule is Clc1ccnc2ccnn12.O=c1ccnc2cc[nH]n12. The fourth-order valence-corrected chi connectivity index (χ4v) is 1.85. The topological polar surface area (TPSA) is 80.3 Å². The molecule has 0 aliphatic heterocycles. The van der Waals surface area contributed by atoms with E-state index in [1.165, 1.54) is 16.8 Å². The second kappa shape index (κ2) is 5.14. The van der Waals surface area contributed by atoms with E-state index >= 15 is 0 Å². The van der Waals surface area contributed by atoms with Gasteiger partial charge in [-0.25, -0.2) is 19.0 Å². The van der Waals surface area contributed by atoms with Gasteiger partial charge in [-0.15, -0.1) is 0 Å². The maximum atomic E-state index is 10.9. The van der Waals surface area contributed by atoms with E-state index in [1.807, 2.05) is 0 Å². The highest BCUT2D eigenvalue weighted by molar-refractivity contribution is 6.29. The number of fused-ring (bicyclic) bond motifs is 2. The van der Waals surface area contributed by atoms with Crippen molar-refractivity contribution in [2.45, 2.75) is 0 Å². The predicted molar refractivity (Wildman–Crippen MR) is 73.8 cm³/mol. The molecule has 4 aromatic rings. The Balaban J connectivity index is 0.000000121. The molecule has 0 unspecified atom stereocenters. The third-order valence-corrected chi connectivity index (χ3v) is 2.84. The van der Waals surface area contributed by atoms with E-state index in [0.717, 1.165) is 5.65 Å². The predicted octanol–water partition coefficient (Wildman–Crippen LogP) is 1.41. The fraction of sp³-hybridized carbons (Fsp3) is 0. The lowest BCUT2D eigenvalue weighted by Crippen LogP contribution is -2.11. The summed E-state index contributed by atoms with van der Waals surface area (Å²) in [4.78, 5) is 18.9. The molecule has 0 saturated heterocycles. The van der Waals surface area contributed by atoms with Crippen molar-refractivity contribution in [1.82, 2.24) is 29.2 Å². The van der Waals surface area contributed by atoms with Gasteiger partial charge in [-0.1, -0.05) is 11.6 Å². The monoisotopic (exact) mass is 288 g/mol. The Hall–Kier alpha value is -2.67. The maximum absolute atomic E-state index is 10.9. The number of hydrogen-bond donors (Lipinski definition) is 1. The third kappa shape index (κ3) is 2.26. The van der Waals surface area contributed by atoms with Crippen molar-refractivity contribution < 1.29 is 0 Å². The molecule has 0 aliphatic rings. The number of halogens is 1. The number of nitrogens with one attached hydrogen (secondary N) is 1. The first kappa shape index (κ1) is 12.4. The molecule has 0 aliphatic carbocycles.